The van der Waals surface area contributed by atoms with Crippen LogP contribution in [0.1, 0.15) is 22.5 Å². The zero-order valence-corrected chi connectivity index (χ0v) is 18.0. The number of ether oxygens (including phenoxy) is 2. The maximum atomic E-state index is 14.7. The fraction of sp³-hybridized carbons (Fsp3) is 0.550. The van der Waals surface area contributed by atoms with E-state index in [1.54, 1.807) is 4.68 Å². The quantitative estimate of drug-likeness (QED) is 0.363. The summed E-state index contributed by atoms with van der Waals surface area (Å²) in [6, 6.07) is 2.93. The number of rotatable bonds is 9. The Labute approximate surface area is 166 Å². The molecule has 2 heterocycles. The molecule has 2 aromatic heterocycles. The first kappa shape index (κ1) is 20.7. The molecule has 1 unspecified atom stereocenters. The molecule has 0 radical (unpaired) electrons. The number of aryl methyl sites for hydroxylation is 1. The fourth-order valence-electron chi connectivity index (χ4n) is 3.25. The Hall–Kier alpha value is -2.06. The number of carbonyl (C=O) groups excluding carboxylic acids is 1. The molecule has 1 aliphatic carbocycles. The van der Waals surface area contributed by atoms with E-state index in [0.717, 1.165) is 30.2 Å². The van der Waals surface area contributed by atoms with Crippen molar-refractivity contribution in [1.82, 2.24) is 14.8 Å². The van der Waals surface area contributed by atoms with Crippen molar-refractivity contribution in [3.05, 3.63) is 40.6 Å². The topological polar surface area (TPSA) is 66.2 Å². The highest BCUT2D eigenvalue weighted by molar-refractivity contribution is 6.76. The molecule has 28 heavy (non-hydrogen) atoms. The van der Waals surface area contributed by atoms with Gasteiger partial charge in [0.1, 0.15) is 19.6 Å². The van der Waals surface area contributed by atoms with Crippen LogP contribution in [0.2, 0.25) is 25.7 Å². The van der Waals surface area contributed by atoms with Crippen molar-refractivity contribution in [2.75, 3.05) is 6.61 Å². The number of hydrogen-bond acceptors (Lipinski definition) is 5. The third kappa shape index (κ3) is 5.05. The van der Waals surface area contributed by atoms with E-state index in [1.165, 1.54) is 0 Å². The molecule has 2 aromatic rings. The zero-order chi connectivity index (χ0) is 20.3. The molecule has 0 saturated carbocycles. The zero-order valence-electron chi connectivity index (χ0n) is 17.0. The number of hydrogen-bond donors (Lipinski definition) is 0. The molecule has 0 amide bonds. The predicted octanol–water partition coefficient (Wildman–Crippen LogP) is 3.53. The number of pyridine rings is 1. The number of nitrogens with zero attached hydrogens (tertiary/aromatic N) is 3. The summed E-state index contributed by atoms with van der Waals surface area (Å²) in [6.07, 6.45) is 3.67. The van der Waals surface area contributed by atoms with Gasteiger partial charge in [-0.1, -0.05) is 19.6 Å². The molecular weight excluding hydrogens is 377 g/mol. The maximum Gasteiger partial charge on any atom is 0.251 e. The first-order chi connectivity index (χ1) is 13.3. The van der Waals surface area contributed by atoms with Gasteiger partial charge in [-0.3, -0.25) is 0 Å². The lowest BCUT2D eigenvalue weighted by Crippen LogP contribution is -2.22. The summed E-state index contributed by atoms with van der Waals surface area (Å²) in [5.74, 6) is -0.653. The summed E-state index contributed by atoms with van der Waals surface area (Å²) in [5.41, 5.74) is 2.79. The van der Waals surface area contributed by atoms with Crippen molar-refractivity contribution in [2.45, 2.75) is 58.8 Å². The standard InChI is InChI=1S/C20H28FN3O3Si/c1-14-17-9-15(11-25)10-18(17)19(21)20(22-14)27-12-16-5-6-24(23-16)13-26-7-8-28(2,3)4/h5-6,11,15H,7-10,12-13H2,1-4H3. The molecule has 0 bridgehead atoms. The van der Waals surface area contributed by atoms with Gasteiger partial charge in [0.05, 0.1) is 5.69 Å². The van der Waals surface area contributed by atoms with Crippen molar-refractivity contribution >= 4 is 14.4 Å². The Balaban J connectivity index is 1.56. The van der Waals surface area contributed by atoms with Crippen LogP contribution >= 0.6 is 0 Å². The third-order valence-corrected chi connectivity index (χ3v) is 6.62. The van der Waals surface area contributed by atoms with Crippen LogP contribution in [0.5, 0.6) is 5.88 Å². The monoisotopic (exact) mass is 405 g/mol. The molecule has 0 saturated heterocycles. The SMILES string of the molecule is Cc1nc(OCc2ccn(COCC[Si](C)(C)C)n2)c(F)c2c1CC(C=O)C2. The van der Waals surface area contributed by atoms with Crippen LogP contribution in [0, 0.1) is 18.7 Å². The minimum Gasteiger partial charge on any atom is -0.469 e. The Bertz CT molecular complexity index is 848. The normalized spacial score (nSPS) is 16.2. The highest BCUT2D eigenvalue weighted by atomic mass is 28.3. The molecule has 0 aromatic carbocycles. The molecule has 0 aliphatic heterocycles. The molecule has 8 heteroatoms. The minimum atomic E-state index is -1.10. The van der Waals surface area contributed by atoms with Crippen LogP contribution < -0.4 is 4.74 Å². The molecule has 0 N–H and O–H groups in total. The predicted molar refractivity (Wildman–Crippen MR) is 107 cm³/mol. The van der Waals surface area contributed by atoms with E-state index in [1.807, 2.05) is 19.2 Å². The lowest BCUT2D eigenvalue weighted by Gasteiger charge is -2.15. The van der Waals surface area contributed by atoms with Crippen molar-refractivity contribution in [3.8, 4) is 5.88 Å². The van der Waals surface area contributed by atoms with Gasteiger partial charge in [-0.05, 0) is 43.0 Å². The lowest BCUT2D eigenvalue weighted by molar-refractivity contribution is -0.110. The van der Waals surface area contributed by atoms with Crippen molar-refractivity contribution in [3.63, 3.8) is 0 Å². The third-order valence-electron chi connectivity index (χ3n) is 4.92. The number of aldehydes is 1. The molecule has 0 fully saturated rings. The second-order valence-corrected chi connectivity index (χ2v) is 14.2. The van der Waals surface area contributed by atoms with Gasteiger partial charge in [0.2, 0.25) is 0 Å². The first-order valence-corrected chi connectivity index (χ1v) is 13.3. The first-order valence-electron chi connectivity index (χ1n) is 9.63. The number of aromatic nitrogens is 3. The molecule has 1 atom stereocenters. The molecule has 1 aliphatic rings. The molecule has 6 nitrogen and oxygen atoms in total. The Morgan fingerprint density at radius 2 is 2.07 bits per heavy atom. The van der Waals surface area contributed by atoms with Gasteiger partial charge >= 0.3 is 0 Å². The summed E-state index contributed by atoms with van der Waals surface area (Å²) < 4.78 is 27.7. The molecular formula is C20H28FN3O3Si. The summed E-state index contributed by atoms with van der Waals surface area (Å²) >= 11 is 0. The maximum absolute atomic E-state index is 14.7. The largest absolute Gasteiger partial charge is 0.469 e. The average Bonchev–Trinajstić information content (AvgIpc) is 3.27. The van der Waals surface area contributed by atoms with Crippen molar-refractivity contribution in [2.24, 2.45) is 5.92 Å². The van der Waals surface area contributed by atoms with Crippen LogP contribution in [-0.2, 0) is 35.7 Å². The van der Waals surface area contributed by atoms with Gasteiger partial charge in [0.15, 0.2) is 5.82 Å². The lowest BCUT2D eigenvalue weighted by atomic mass is 10.1. The second-order valence-electron chi connectivity index (χ2n) is 8.56. The van der Waals surface area contributed by atoms with Gasteiger partial charge in [-0.15, -0.1) is 0 Å². The fourth-order valence-corrected chi connectivity index (χ4v) is 4.01. The minimum absolute atomic E-state index is 0.0243. The summed E-state index contributed by atoms with van der Waals surface area (Å²) in [4.78, 5) is 15.3. The average molecular weight is 406 g/mol. The smallest absolute Gasteiger partial charge is 0.251 e. The summed E-state index contributed by atoms with van der Waals surface area (Å²) in [7, 11) is -1.10. The highest BCUT2D eigenvalue weighted by Crippen LogP contribution is 2.33. The van der Waals surface area contributed by atoms with E-state index < -0.39 is 13.9 Å². The van der Waals surface area contributed by atoms with Gasteiger partial charge in [-0.25, -0.2) is 14.1 Å². The van der Waals surface area contributed by atoms with Crippen molar-refractivity contribution in [1.29, 1.82) is 0 Å². The van der Waals surface area contributed by atoms with Crippen LogP contribution in [0.3, 0.4) is 0 Å². The number of fused-ring (bicyclic) bond motifs is 1. The Morgan fingerprint density at radius 3 is 2.79 bits per heavy atom. The van der Waals surface area contributed by atoms with Crippen LogP contribution in [0.15, 0.2) is 12.3 Å². The molecule has 152 valence electrons. The molecule has 0 spiro atoms. The van der Waals surface area contributed by atoms with Crippen LogP contribution in [0.25, 0.3) is 0 Å². The van der Waals surface area contributed by atoms with Crippen LogP contribution in [-0.4, -0.2) is 35.7 Å². The van der Waals surface area contributed by atoms with E-state index in [4.69, 9.17) is 9.47 Å². The highest BCUT2D eigenvalue weighted by Gasteiger charge is 2.29. The van der Waals surface area contributed by atoms with Crippen molar-refractivity contribution < 1.29 is 18.7 Å². The Morgan fingerprint density at radius 1 is 1.32 bits per heavy atom. The Kier molecular flexibility index (Phi) is 6.29. The van der Waals surface area contributed by atoms with Gasteiger partial charge < -0.3 is 14.3 Å². The van der Waals surface area contributed by atoms with E-state index >= 15 is 0 Å². The van der Waals surface area contributed by atoms with E-state index in [9.17, 15) is 9.18 Å². The summed E-state index contributed by atoms with van der Waals surface area (Å²) in [6.45, 7) is 10.0. The van der Waals surface area contributed by atoms with Gasteiger partial charge in [0, 0.05) is 32.5 Å². The van der Waals surface area contributed by atoms with Gasteiger partial charge in [-0.2, -0.15) is 5.10 Å². The summed E-state index contributed by atoms with van der Waals surface area (Å²) in [5, 5.41) is 4.39. The van der Waals surface area contributed by atoms with Crippen LogP contribution in [0.4, 0.5) is 4.39 Å². The number of halogens is 1. The molecule has 3 rings (SSSR count). The van der Waals surface area contributed by atoms with E-state index in [2.05, 4.69) is 29.7 Å². The second kappa shape index (κ2) is 8.53. The van der Waals surface area contributed by atoms with Gasteiger partial charge in [0.25, 0.3) is 5.88 Å². The van der Waals surface area contributed by atoms with E-state index in [0.29, 0.717) is 30.8 Å². The number of carbonyl (C=O) groups is 1. The van der Waals surface area contributed by atoms with E-state index in [-0.39, 0.29) is 18.4 Å².